The smallest absolute Gasteiger partial charge is 0.133 e. The normalized spacial score (nSPS) is 13.0. The Hall–Kier alpha value is -2.62. The van der Waals surface area contributed by atoms with Gasteiger partial charge in [-0.05, 0) is 44.0 Å². The summed E-state index contributed by atoms with van der Waals surface area (Å²) in [5.41, 5.74) is 7.19. The maximum atomic E-state index is 4.90. The molecule has 2 aromatic heterocycles. The van der Waals surface area contributed by atoms with E-state index in [4.69, 9.17) is 5.10 Å². The number of pyridine rings is 1. The molecule has 1 aliphatic heterocycles. The summed E-state index contributed by atoms with van der Waals surface area (Å²) in [4.78, 5) is 4.44. The van der Waals surface area contributed by atoms with Crippen LogP contribution in [0, 0.1) is 13.8 Å². The number of aromatic nitrogens is 3. The summed E-state index contributed by atoms with van der Waals surface area (Å²) >= 11 is 0. The van der Waals surface area contributed by atoms with Gasteiger partial charge in [0.05, 0.1) is 11.4 Å². The number of hydrogen-bond acceptors (Lipinski definition) is 3. The first-order chi connectivity index (χ1) is 11.2. The third kappa shape index (κ3) is 2.50. The van der Waals surface area contributed by atoms with Crippen molar-refractivity contribution in [2.24, 2.45) is 0 Å². The van der Waals surface area contributed by atoms with Crippen molar-refractivity contribution < 1.29 is 0 Å². The van der Waals surface area contributed by atoms with Gasteiger partial charge in [0.25, 0.3) is 0 Å². The number of benzene rings is 1. The van der Waals surface area contributed by atoms with Crippen LogP contribution in [-0.4, -0.2) is 21.3 Å². The average Bonchev–Trinajstić information content (AvgIpc) is 3.13. The molecule has 0 saturated carbocycles. The second kappa shape index (κ2) is 5.54. The van der Waals surface area contributed by atoms with Crippen LogP contribution >= 0.6 is 0 Å². The molecule has 116 valence electrons. The van der Waals surface area contributed by atoms with Crippen molar-refractivity contribution in [3.63, 3.8) is 0 Å². The second-order valence-corrected chi connectivity index (χ2v) is 6.15. The van der Waals surface area contributed by atoms with Gasteiger partial charge >= 0.3 is 0 Å². The number of fused-ring (bicyclic) bond motifs is 1. The van der Waals surface area contributed by atoms with Crippen LogP contribution in [-0.2, 0) is 12.8 Å². The summed E-state index contributed by atoms with van der Waals surface area (Å²) in [5, 5.41) is 8.40. The lowest BCUT2D eigenvalue weighted by Gasteiger charge is -2.10. The van der Waals surface area contributed by atoms with Gasteiger partial charge in [-0.3, -0.25) is 4.98 Å². The van der Waals surface area contributed by atoms with Crippen molar-refractivity contribution >= 4 is 5.82 Å². The number of aryl methyl sites for hydroxylation is 2. The zero-order valence-corrected chi connectivity index (χ0v) is 13.5. The van der Waals surface area contributed by atoms with Crippen LogP contribution < -0.4 is 5.32 Å². The van der Waals surface area contributed by atoms with E-state index in [1.807, 2.05) is 18.3 Å². The van der Waals surface area contributed by atoms with Gasteiger partial charge < -0.3 is 5.32 Å². The lowest BCUT2D eigenvalue weighted by atomic mass is 10.1. The predicted molar refractivity (Wildman–Crippen MR) is 92.3 cm³/mol. The first-order valence-corrected chi connectivity index (χ1v) is 8.04. The van der Waals surface area contributed by atoms with Gasteiger partial charge in [-0.25, -0.2) is 4.68 Å². The molecule has 1 N–H and O–H groups in total. The van der Waals surface area contributed by atoms with Crippen LogP contribution in [0.5, 0.6) is 0 Å². The summed E-state index contributed by atoms with van der Waals surface area (Å²) in [6.07, 6.45) is 3.65. The van der Waals surface area contributed by atoms with Gasteiger partial charge in [-0.2, -0.15) is 5.10 Å². The van der Waals surface area contributed by atoms with E-state index >= 15 is 0 Å². The maximum Gasteiger partial charge on any atom is 0.133 e. The number of nitrogens with zero attached hydrogens (tertiary/aromatic N) is 3. The monoisotopic (exact) mass is 304 g/mol. The molecule has 0 spiro atoms. The highest BCUT2D eigenvalue weighted by molar-refractivity contribution is 5.59. The van der Waals surface area contributed by atoms with Gasteiger partial charge in [0.2, 0.25) is 0 Å². The molecule has 0 fully saturated rings. The minimum Gasteiger partial charge on any atom is -0.369 e. The Kier molecular flexibility index (Phi) is 3.37. The van der Waals surface area contributed by atoms with Gasteiger partial charge in [0, 0.05) is 30.4 Å². The molecule has 4 rings (SSSR count). The highest BCUT2D eigenvalue weighted by atomic mass is 15.3. The van der Waals surface area contributed by atoms with Gasteiger partial charge in [-0.15, -0.1) is 0 Å². The zero-order valence-electron chi connectivity index (χ0n) is 13.5. The van der Waals surface area contributed by atoms with Crippen LogP contribution in [0.25, 0.3) is 5.69 Å². The molecule has 0 atom stereocenters. The highest BCUT2D eigenvalue weighted by Crippen LogP contribution is 2.30. The fraction of sp³-hybridized carbons (Fsp3) is 0.263. The molecule has 1 aliphatic rings. The average molecular weight is 304 g/mol. The molecule has 4 nitrogen and oxygen atoms in total. The topological polar surface area (TPSA) is 42.7 Å². The molecule has 0 aliphatic carbocycles. The van der Waals surface area contributed by atoms with Crippen LogP contribution in [0.15, 0.2) is 42.6 Å². The predicted octanol–water partition coefficient (Wildman–Crippen LogP) is 3.44. The molecule has 23 heavy (non-hydrogen) atoms. The zero-order chi connectivity index (χ0) is 15.8. The molecule has 0 amide bonds. The summed E-state index contributed by atoms with van der Waals surface area (Å²) in [5.74, 6) is 1.14. The fourth-order valence-corrected chi connectivity index (χ4v) is 3.28. The molecule has 0 saturated heterocycles. The lowest BCUT2D eigenvalue weighted by Crippen LogP contribution is -2.06. The van der Waals surface area contributed by atoms with E-state index in [2.05, 4.69) is 53.1 Å². The van der Waals surface area contributed by atoms with E-state index in [1.165, 1.54) is 16.7 Å². The largest absolute Gasteiger partial charge is 0.369 e. The minimum atomic E-state index is 0.781. The third-order valence-corrected chi connectivity index (χ3v) is 4.39. The standard InChI is InChI=1S/C19H20N4/c1-13-6-7-18(14(2)11-13)23-19-16(8-10-21-19)17(22-23)12-15-5-3-4-9-20-15/h3-7,9,11,21H,8,10,12H2,1-2H3. The summed E-state index contributed by atoms with van der Waals surface area (Å²) < 4.78 is 2.06. The highest BCUT2D eigenvalue weighted by Gasteiger charge is 2.23. The Bertz CT molecular complexity index is 849. The Morgan fingerprint density at radius 3 is 2.87 bits per heavy atom. The van der Waals surface area contributed by atoms with Crippen molar-refractivity contribution in [2.75, 3.05) is 11.9 Å². The number of anilines is 1. The van der Waals surface area contributed by atoms with E-state index in [9.17, 15) is 0 Å². The molecule has 1 aromatic carbocycles. The first kappa shape index (κ1) is 14.0. The van der Waals surface area contributed by atoms with Crippen molar-refractivity contribution in [1.82, 2.24) is 14.8 Å². The van der Waals surface area contributed by atoms with E-state index < -0.39 is 0 Å². The summed E-state index contributed by atoms with van der Waals surface area (Å²) in [7, 11) is 0. The van der Waals surface area contributed by atoms with Crippen LogP contribution in [0.3, 0.4) is 0 Å². The van der Waals surface area contributed by atoms with E-state index in [1.54, 1.807) is 0 Å². The Balaban J connectivity index is 1.78. The van der Waals surface area contributed by atoms with Crippen molar-refractivity contribution in [3.8, 4) is 5.69 Å². The molecular formula is C19H20N4. The SMILES string of the molecule is Cc1ccc(-n2nc(Cc3ccccn3)c3c2NCC3)c(C)c1. The minimum absolute atomic E-state index is 0.781. The Morgan fingerprint density at radius 1 is 1.17 bits per heavy atom. The van der Waals surface area contributed by atoms with Gasteiger partial charge in [0.1, 0.15) is 5.82 Å². The van der Waals surface area contributed by atoms with Crippen LogP contribution in [0.2, 0.25) is 0 Å². The van der Waals surface area contributed by atoms with Gasteiger partial charge in [-0.1, -0.05) is 23.8 Å². The lowest BCUT2D eigenvalue weighted by molar-refractivity contribution is 0.829. The summed E-state index contributed by atoms with van der Waals surface area (Å²) in [6.45, 7) is 5.24. The summed E-state index contributed by atoms with van der Waals surface area (Å²) in [6, 6.07) is 12.5. The van der Waals surface area contributed by atoms with Crippen molar-refractivity contribution in [1.29, 1.82) is 0 Å². The molecule has 3 aromatic rings. The fourth-order valence-electron chi connectivity index (χ4n) is 3.28. The number of hydrogen-bond donors (Lipinski definition) is 1. The maximum absolute atomic E-state index is 4.90. The molecule has 4 heteroatoms. The third-order valence-electron chi connectivity index (χ3n) is 4.39. The van der Waals surface area contributed by atoms with Crippen molar-refractivity contribution in [3.05, 3.63) is 70.7 Å². The van der Waals surface area contributed by atoms with Gasteiger partial charge in [0.15, 0.2) is 0 Å². The molecule has 0 bridgehead atoms. The van der Waals surface area contributed by atoms with E-state index in [-0.39, 0.29) is 0 Å². The van der Waals surface area contributed by atoms with E-state index in [0.29, 0.717) is 0 Å². The van der Waals surface area contributed by atoms with Crippen LogP contribution in [0.1, 0.15) is 28.1 Å². The first-order valence-electron chi connectivity index (χ1n) is 8.04. The number of rotatable bonds is 3. The molecular weight excluding hydrogens is 284 g/mol. The Morgan fingerprint density at radius 2 is 2.09 bits per heavy atom. The molecule has 0 radical (unpaired) electrons. The number of nitrogens with one attached hydrogen (secondary N) is 1. The van der Waals surface area contributed by atoms with Crippen LogP contribution in [0.4, 0.5) is 5.82 Å². The second-order valence-electron chi connectivity index (χ2n) is 6.15. The molecule has 0 unspecified atom stereocenters. The Labute approximate surface area is 136 Å². The quantitative estimate of drug-likeness (QED) is 0.806. The van der Waals surface area contributed by atoms with E-state index in [0.717, 1.165) is 42.3 Å². The molecule has 3 heterocycles. The van der Waals surface area contributed by atoms with Crippen molar-refractivity contribution in [2.45, 2.75) is 26.7 Å².